The highest BCUT2D eigenvalue weighted by Crippen LogP contribution is 2.14. The lowest BCUT2D eigenvalue weighted by Crippen LogP contribution is -2.20. The molecule has 0 saturated carbocycles. The number of ether oxygens (including phenoxy) is 1. The van der Waals surface area contributed by atoms with Gasteiger partial charge in [0.05, 0.1) is 11.9 Å². The van der Waals surface area contributed by atoms with Gasteiger partial charge in [-0.3, -0.25) is 4.79 Å². The lowest BCUT2D eigenvalue weighted by molar-refractivity contribution is -0.135. The van der Waals surface area contributed by atoms with Crippen LogP contribution in [0.5, 0.6) is 0 Å². The second-order valence-corrected chi connectivity index (χ2v) is 4.09. The lowest BCUT2D eigenvalue weighted by Gasteiger charge is -2.17. The number of aliphatic hydroxyl groups is 1. The van der Waals surface area contributed by atoms with Gasteiger partial charge >= 0.3 is 5.97 Å². The molecule has 0 rings (SSSR count). The molecule has 0 aromatic carbocycles. The monoisotopic (exact) mass is 212 g/mol. The lowest BCUT2D eigenvalue weighted by atomic mass is 10.00. The van der Waals surface area contributed by atoms with Crippen LogP contribution in [-0.4, -0.2) is 16.7 Å². The van der Waals surface area contributed by atoms with Gasteiger partial charge in [-0.25, -0.2) is 0 Å². The molecule has 0 aliphatic rings. The van der Waals surface area contributed by atoms with Gasteiger partial charge in [-0.15, -0.1) is 0 Å². The van der Waals surface area contributed by atoms with E-state index in [1.807, 2.05) is 13.8 Å². The summed E-state index contributed by atoms with van der Waals surface area (Å²) >= 11 is 0. The molecule has 0 saturated heterocycles. The average Bonchev–Trinajstić information content (AvgIpc) is 2.01. The predicted octanol–water partition coefficient (Wildman–Crippen LogP) is 2.56. The van der Waals surface area contributed by atoms with E-state index >= 15 is 0 Å². The van der Waals surface area contributed by atoms with Crippen molar-refractivity contribution in [1.82, 2.24) is 0 Å². The number of carbonyl (C=O) groups excluding carboxylic acids is 1. The molecule has 1 unspecified atom stereocenters. The molecule has 1 atom stereocenters. The van der Waals surface area contributed by atoms with E-state index in [1.54, 1.807) is 6.92 Å². The van der Waals surface area contributed by atoms with Crippen LogP contribution in [0.3, 0.4) is 0 Å². The Morgan fingerprint density at radius 2 is 2.00 bits per heavy atom. The van der Waals surface area contributed by atoms with E-state index < -0.39 is 5.60 Å². The van der Waals surface area contributed by atoms with E-state index in [1.165, 1.54) is 24.8 Å². The molecule has 0 aliphatic heterocycles. The normalized spacial score (nSPS) is 14.7. The number of esters is 1. The molecular formula is C12H20O3. The maximum absolute atomic E-state index is 10.5. The van der Waals surface area contributed by atoms with E-state index in [0.717, 1.165) is 6.42 Å². The fourth-order valence-electron chi connectivity index (χ4n) is 1.01. The highest BCUT2D eigenvalue weighted by Gasteiger charge is 2.14. The first kappa shape index (κ1) is 13.9. The molecule has 0 heterocycles. The zero-order valence-corrected chi connectivity index (χ0v) is 9.91. The van der Waals surface area contributed by atoms with Gasteiger partial charge < -0.3 is 9.84 Å². The molecule has 86 valence electrons. The fraction of sp³-hybridized carbons (Fsp3) is 0.583. The van der Waals surface area contributed by atoms with Gasteiger partial charge in [0.1, 0.15) is 0 Å². The number of hydrogen-bond donors (Lipinski definition) is 1. The van der Waals surface area contributed by atoms with Gasteiger partial charge in [0, 0.05) is 6.92 Å². The van der Waals surface area contributed by atoms with Gasteiger partial charge in [0.2, 0.25) is 0 Å². The minimum Gasteiger partial charge on any atom is -0.435 e. The molecule has 1 N–H and O–H groups in total. The molecule has 0 aromatic rings. The first-order valence-electron chi connectivity index (χ1n) is 5.04. The Morgan fingerprint density at radius 3 is 2.47 bits per heavy atom. The third-order valence-electron chi connectivity index (χ3n) is 1.86. The summed E-state index contributed by atoms with van der Waals surface area (Å²) in [5.74, 6) is -0.383. The number of allylic oxidation sites excluding steroid dienone is 2. The van der Waals surface area contributed by atoms with Crippen LogP contribution in [0, 0.1) is 0 Å². The van der Waals surface area contributed by atoms with Crippen LogP contribution in [-0.2, 0) is 9.53 Å². The van der Waals surface area contributed by atoms with Crippen molar-refractivity contribution in [2.24, 2.45) is 0 Å². The van der Waals surface area contributed by atoms with Crippen molar-refractivity contribution in [3.05, 3.63) is 24.0 Å². The Bertz CT molecular complexity index is 258. The van der Waals surface area contributed by atoms with Gasteiger partial charge in [-0.05, 0) is 39.7 Å². The topological polar surface area (TPSA) is 46.5 Å². The van der Waals surface area contributed by atoms with Crippen molar-refractivity contribution in [2.45, 2.75) is 46.1 Å². The molecule has 0 fully saturated rings. The first-order chi connectivity index (χ1) is 6.83. The summed E-state index contributed by atoms with van der Waals surface area (Å²) in [5, 5.41) is 9.83. The largest absolute Gasteiger partial charge is 0.435 e. The van der Waals surface area contributed by atoms with E-state index in [4.69, 9.17) is 0 Å². The minimum atomic E-state index is -0.929. The first-order valence-corrected chi connectivity index (χ1v) is 5.04. The molecule has 0 spiro atoms. The van der Waals surface area contributed by atoms with Crippen LogP contribution in [0.1, 0.15) is 40.5 Å². The van der Waals surface area contributed by atoms with Crippen molar-refractivity contribution in [2.75, 3.05) is 0 Å². The Balaban J connectivity index is 4.01. The molecule has 0 aliphatic carbocycles. The highest BCUT2D eigenvalue weighted by atomic mass is 16.5. The third-order valence-corrected chi connectivity index (χ3v) is 1.86. The van der Waals surface area contributed by atoms with Crippen LogP contribution in [0.2, 0.25) is 0 Å². The van der Waals surface area contributed by atoms with Crippen LogP contribution >= 0.6 is 0 Å². The Hall–Kier alpha value is -1.09. The zero-order valence-electron chi connectivity index (χ0n) is 9.91. The zero-order chi connectivity index (χ0) is 11.9. The summed E-state index contributed by atoms with van der Waals surface area (Å²) in [7, 11) is 0. The van der Waals surface area contributed by atoms with Crippen LogP contribution in [0.15, 0.2) is 24.0 Å². The standard InChI is InChI=1S/C12H20O3/c1-10(2)6-5-7-12(4,14)8-9-15-11(3)13/h6,8-9,14H,5,7H2,1-4H3/b9-8+. The second kappa shape index (κ2) is 6.40. The molecule has 0 radical (unpaired) electrons. The Morgan fingerprint density at radius 1 is 1.40 bits per heavy atom. The third kappa shape index (κ3) is 9.22. The van der Waals surface area contributed by atoms with Gasteiger partial charge in [0.25, 0.3) is 0 Å². The number of carbonyl (C=O) groups is 1. The van der Waals surface area contributed by atoms with Crippen molar-refractivity contribution < 1.29 is 14.6 Å². The SMILES string of the molecule is CC(=O)O/C=C/C(C)(O)CCC=C(C)C. The minimum absolute atomic E-state index is 0.383. The van der Waals surface area contributed by atoms with E-state index in [9.17, 15) is 9.90 Å². The Labute approximate surface area is 91.4 Å². The van der Waals surface area contributed by atoms with Crippen LogP contribution < -0.4 is 0 Å². The molecule has 3 nitrogen and oxygen atoms in total. The van der Waals surface area contributed by atoms with Crippen molar-refractivity contribution in [3.63, 3.8) is 0 Å². The molecular weight excluding hydrogens is 192 g/mol. The maximum atomic E-state index is 10.5. The summed E-state index contributed by atoms with van der Waals surface area (Å²) in [6.07, 6.45) is 6.21. The highest BCUT2D eigenvalue weighted by molar-refractivity contribution is 5.66. The maximum Gasteiger partial charge on any atom is 0.307 e. The van der Waals surface area contributed by atoms with Gasteiger partial charge in [-0.1, -0.05) is 11.6 Å². The van der Waals surface area contributed by atoms with E-state index in [2.05, 4.69) is 10.8 Å². The van der Waals surface area contributed by atoms with Crippen molar-refractivity contribution in [1.29, 1.82) is 0 Å². The number of rotatable bonds is 5. The van der Waals surface area contributed by atoms with Gasteiger partial charge in [0.15, 0.2) is 0 Å². The number of hydrogen-bond acceptors (Lipinski definition) is 3. The summed E-state index contributed by atoms with van der Waals surface area (Å²) in [6, 6.07) is 0. The second-order valence-electron chi connectivity index (χ2n) is 4.09. The average molecular weight is 212 g/mol. The summed E-state index contributed by atoms with van der Waals surface area (Å²) in [4.78, 5) is 10.5. The summed E-state index contributed by atoms with van der Waals surface area (Å²) in [6.45, 7) is 7.04. The predicted molar refractivity (Wildman–Crippen MR) is 60.2 cm³/mol. The molecule has 0 aromatic heterocycles. The molecule has 0 amide bonds. The molecule has 15 heavy (non-hydrogen) atoms. The quantitative estimate of drug-likeness (QED) is 0.433. The Kier molecular flexibility index (Phi) is 5.94. The van der Waals surface area contributed by atoms with Crippen LogP contribution in [0.4, 0.5) is 0 Å². The smallest absolute Gasteiger partial charge is 0.307 e. The van der Waals surface area contributed by atoms with E-state index in [0.29, 0.717) is 6.42 Å². The van der Waals surface area contributed by atoms with E-state index in [-0.39, 0.29) is 5.97 Å². The van der Waals surface area contributed by atoms with Crippen molar-refractivity contribution in [3.8, 4) is 0 Å². The fourth-order valence-corrected chi connectivity index (χ4v) is 1.01. The summed E-state index contributed by atoms with van der Waals surface area (Å²) in [5.41, 5.74) is 0.302. The molecule has 3 heteroatoms. The molecule has 0 bridgehead atoms. The van der Waals surface area contributed by atoms with Crippen molar-refractivity contribution >= 4 is 5.97 Å². The summed E-state index contributed by atoms with van der Waals surface area (Å²) < 4.78 is 4.61. The van der Waals surface area contributed by atoms with Crippen LogP contribution in [0.25, 0.3) is 0 Å². The van der Waals surface area contributed by atoms with Gasteiger partial charge in [-0.2, -0.15) is 0 Å².